The Balaban J connectivity index is 1.72. The lowest BCUT2D eigenvalue weighted by molar-refractivity contribution is 0.0874. The Morgan fingerprint density at radius 1 is 1.47 bits per heavy atom. The fraction of sp³-hybridized carbons (Fsp3) is 0.900. The molecule has 3 atom stereocenters. The molecule has 96 valence electrons. The first kappa shape index (κ1) is 11.7. The van der Waals surface area contributed by atoms with Crippen LogP contribution in [0, 0.1) is 0 Å². The van der Waals surface area contributed by atoms with Gasteiger partial charge in [-0.25, -0.2) is 8.42 Å². The molecule has 3 fully saturated rings. The van der Waals surface area contributed by atoms with Crippen LogP contribution in [0.5, 0.6) is 0 Å². The van der Waals surface area contributed by atoms with Gasteiger partial charge in [-0.15, -0.1) is 0 Å². The highest BCUT2D eigenvalue weighted by Gasteiger charge is 2.47. The Labute approximate surface area is 106 Å². The zero-order valence-electron chi connectivity index (χ0n) is 9.46. The van der Waals surface area contributed by atoms with Crippen LogP contribution in [-0.2, 0) is 14.6 Å². The van der Waals surface area contributed by atoms with Gasteiger partial charge in [0.25, 0.3) is 0 Å². The van der Waals surface area contributed by atoms with Crippen LogP contribution in [0.4, 0.5) is 0 Å². The molecule has 3 saturated heterocycles. The molecular weight excluding hydrogens is 260 g/mol. The molecule has 17 heavy (non-hydrogen) atoms. The fourth-order valence-corrected chi connectivity index (χ4v) is 5.17. The van der Waals surface area contributed by atoms with Gasteiger partial charge in [0.05, 0.1) is 29.7 Å². The maximum atomic E-state index is 11.6. The lowest BCUT2D eigenvalue weighted by Crippen LogP contribution is -2.41. The average Bonchev–Trinajstić information content (AvgIpc) is 2.87. The number of sulfone groups is 1. The van der Waals surface area contributed by atoms with E-state index in [1.165, 1.54) is 0 Å². The summed E-state index contributed by atoms with van der Waals surface area (Å²) in [5.74, 6) is 0.428. The molecule has 0 aromatic heterocycles. The Bertz CT molecular complexity index is 431. The van der Waals surface area contributed by atoms with Crippen LogP contribution in [0.3, 0.4) is 0 Å². The highest BCUT2D eigenvalue weighted by Crippen LogP contribution is 2.26. The van der Waals surface area contributed by atoms with E-state index in [2.05, 4.69) is 5.32 Å². The average molecular weight is 276 g/mol. The molecule has 3 aliphatic heterocycles. The van der Waals surface area contributed by atoms with Crippen molar-refractivity contribution in [3.8, 4) is 0 Å². The number of hydrogen-bond acceptors (Lipinski definition) is 4. The summed E-state index contributed by atoms with van der Waals surface area (Å²) in [6, 6.07) is -0.00870. The van der Waals surface area contributed by atoms with E-state index in [0.717, 1.165) is 26.0 Å². The Morgan fingerprint density at radius 2 is 2.29 bits per heavy atom. The second kappa shape index (κ2) is 4.07. The molecule has 0 unspecified atom stereocenters. The standard InChI is InChI=1S/C10H16N2O3S2/c13-17(14)5-8-9(6-17)12(10(16)11-8)4-7-2-1-3-15-7/h7-9H,1-6H2,(H,11,16)/t7-,8-,9-/m1/s1. The summed E-state index contributed by atoms with van der Waals surface area (Å²) in [4.78, 5) is 2.01. The number of ether oxygens (including phenoxy) is 1. The smallest absolute Gasteiger partial charge is 0.169 e. The van der Waals surface area contributed by atoms with Crippen LogP contribution in [0.1, 0.15) is 12.8 Å². The van der Waals surface area contributed by atoms with Crippen molar-refractivity contribution in [3.05, 3.63) is 0 Å². The SMILES string of the molecule is O=S1(=O)C[C@@H]2[C@@H](C1)NC(=S)N2C[C@H]1CCCO1. The fourth-order valence-electron chi connectivity index (χ4n) is 2.89. The third kappa shape index (κ3) is 2.15. The molecule has 3 aliphatic rings. The van der Waals surface area contributed by atoms with Crippen molar-refractivity contribution in [3.63, 3.8) is 0 Å². The zero-order chi connectivity index (χ0) is 12.0. The van der Waals surface area contributed by atoms with E-state index in [-0.39, 0.29) is 29.7 Å². The topological polar surface area (TPSA) is 58.6 Å². The largest absolute Gasteiger partial charge is 0.376 e. The number of nitrogens with one attached hydrogen (secondary N) is 1. The zero-order valence-corrected chi connectivity index (χ0v) is 11.1. The molecule has 5 nitrogen and oxygen atoms in total. The van der Waals surface area contributed by atoms with Gasteiger partial charge in [0.1, 0.15) is 0 Å². The molecule has 0 radical (unpaired) electrons. The molecule has 3 rings (SSSR count). The van der Waals surface area contributed by atoms with Gasteiger partial charge in [0.2, 0.25) is 0 Å². The van der Waals surface area contributed by atoms with Crippen molar-refractivity contribution in [2.24, 2.45) is 0 Å². The molecule has 3 heterocycles. The summed E-state index contributed by atoms with van der Waals surface area (Å²) in [6.07, 6.45) is 2.34. The number of fused-ring (bicyclic) bond motifs is 1. The molecule has 0 saturated carbocycles. The summed E-state index contributed by atoms with van der Waals surface area (Å²) >= 11 is 5.27. The Hall–Kier alpha value is -0.400. The number of thiocarbonyl (C=S) groups is 1. The molecule has 0 amide bonds. The third-order valence-corrected chi connectivity index (χ3v) is 5.79. The normalized spacial score (nSPS) is 39.4. The Kier molecular flexibility index (Phi) is 2.79. The predicted molar refractivity (Wildman–Crippen MR) is 67.6 cm³/mol. The van der Waals surface area contributed by atoms with E-state index < -0.39 is 9.84 Å². The van der Waals surface area contributed by atoms with Crippen molar-refractivity contribution >= 4 is 27.2 Å². The van der Waals surface area contributed by atoms with Crippen LogP contribution in [-0.4, -0.2) is 61.3 Å². The summed E-state index contributed by atoms with van der Waals surface area (Å²) < 4.78 is 28.8. The van der Waals surface area contributed by atoms with E-state index in [9.17, 15) is 8.42 Å². The third-order valence-electron chi connectivity index (χ3n) is 3.72. The van der Waals surface area contributed by atoms with Crippen molar-refractivity contribution in [2.75, 3.05) is 24.7 Å². The number of hydrogen-bond donors (Lipinski definition) is 1. The summed E-state index contributed by atoms with van der Waals surface area (Å²) in [5.41, 5.74) is 0. The first-order valence-corrected chi connectivity index (χ1v) is 8.17. The van der Waals surface area contributed by atoms with Gasteiger partial charge >= 0.3 is 0 Å². The van der Waals surface area contributed by atoms with Gasteiger partial charge in [-0.05, 0) is 25.1 Å². The van der Waals surface area contributed by atoms with Crippen molar-refractivity contribution in [1.29, 1.82) is 0 Å². The highest BCUT2D eigenvalue weighted by atomic mass is 32.2. The van der Waals surface area contributed by atoms with Gasteiger partial charge < -0.3 is 15.0 Å². The van der Waals surface area contributed by atoms with E-state index in [1.54, 1.807) is 0 Å². The predicted octanol–water partition coefficient (Wildman–Crippen LogP) is -0.479. The maximum Gasteiger partial charge on any atom is 0.169 e. The van der Waals surface area contributed by atoms with E-state index in [1.807, 2.05) is 4.90 Å². The van der Waals surface area contributed by atoms with Crippen molar-refractivity contribution in [1.82, 2.24) is 10.2 Å². The second-order valence-electron chi connectivity index (χ2n) is 4.99. The molecule has 0 bridgehead atoms. The minimum Gasteiger partial charge on any atom is -0.376 e. The van der Waals surface area contributed by atoms with Crippen molar-refractivity contribution in [2.45, 2.75) is 31.0 Å². The molecular formula is C10H16N2O3S2. The lowest BCUT2D eigenvalue weighted by Gasteiger charge is -2.25. The van der Waals surface area contributed by atoms with Gasteiger partial charge in [0, 0.05) is 13.2 Å². The quantitative estimate of drug-likeness (QED) is 0.688. The number of rotatable bonds is 2. The molecule has 0 spiro atoms. The second-order valence-corrected chi connectivity index (χ2v) is 7.53. The van der Waals surface area contributed by atoms with Crippen LogP contribution in [0.2, 0.25) is 0 Å². The molecule has 0 aromatic rings. The van der Waals surface area contributed by atoms with E-state index >= 15 is 0 Å². The van der Waals surface area contributed by atoms with E-state index in [0.29, 0.717) is 5.11 Å². The van der Waals surface area contributed by atoms with Gasteiger partial charge in [-0.2, -0.15) is 0 Å². The minimum atomic E-state index is -2.90. The van der Waals surface area contributed by atoms with Crippen LogP contribution in [0.15, 0.2) is 0 Å². The Morgan fingerprint density at radius 3 is 3.00 bits per heavy atom. The maximum absolute atomic E-state index is 11.6. The van der Waals surface area contributed by atoms with Crippen LogP contribution in [0.25, 0.3) is 0 Å². The molecule has 1 N–H and O–H groups in total. The van der Waals surface area contributed by atoms with Gasteiger partial charge in [-0.1, -0.05) is 0 Å². The van der Waals surface area contributed by atoms with Gasteiger partial charge in [0.15, 0.2) is 14.9 Å². The summed E-state index contributed by atoms with van der Waals surface area (Å²) in [7, 11) is -2.90. The molecule has 7 heteroatoms. The molecule has 0 aromatic carbocycles. The first-order chi connectivity index (χ1) is 8.05. The molecule has 0 aliphatic carbocycles. The van der Waals surface area contributed by atoms with Crippen LogP contribution >= 0.6 is 12.2 Å². The van der Waals surface area contributed by atoms with Crippen molar-refractivity contribution < 1.29 is 13.2 Å². The highest BCUT2D eigenvalue weighted by molar-refractivity contribution is 7.91. The summed E-state index contributed by atoms with van der Waals surface area (Å²) in [5, 5.41) is 3.80. The number of nitrogens with zero attached hydrogens (tertiary/aromatic N) is 1. The van der Waals surface area contributed by atoms with Crippen LogP contribution < -0.4 is 5.32 Å². The van der Waals surface area contributed by atoms with Gasteiger partial charge in [-0.3, -0.25) is 0 Å². The summed E-state index contributed by atoms with van der Waals surface area (Å²) in [6.45, 7) is 1.54. The van der Waals surface area contributed by atoms with E-state index in [4.69, 9.17) is 17.0 Å². The lowest BCUT2D eigenvalue weighted by atomic mass is 10.1. The monoisotopic (exact) mass is 276 g/mol. The minimum absolute atomic E-state index is 0.0108. The first-order valence-electron chi connectivity index (χ1n) is 5.94.